The number of aromatic nitrogens is 4. The molecule has 3 heterocycles. The molecule has 1 aliphatic rings. The average molecular weight is 347 g/mol. The summed E-state index contributed by atoms with van der Waals surface area (Å²) in [6, 6.07) is 12.8. The Morgan fingerprint density at radius 1 is 1.12 bits per heavy atom. The summed E-state index contributed by atoms with van der Waals surface area (Å²) < 4.78 is 2.32. The summed E-state index contributed by atoms with van der Waals surface area (Å²) >= 11 is 0. The molecule has 0 N–H and O–H groups in total. The first-order valence-corrected chi connectivity index (χ1v) is 9.39. The molecule has 0 saturated heterocycles. The summed E-state index contributed by atoms with van der Waals surface area (Å²) in [6.45, 7) is 6.89. The first-order chi connectivity index (χ1) is 12.7. The quantitative estimate of drug-likeness (QED) is 0.710. The van der Waals surface area contributed by atoms with E-state index in [9.17, 15) is 0 Å². The summed E-state index contributed by atoms with van der Waals surface area (Å²) in [4.78, 5) is 16.1. The highest BCUT2D eigenvalue weighted by molar-refractivity contribution is 5.43. The van der Waals surface area contributed by atoms with Crippen LogP contribution >= 0.6 is 0 Å². The number of fused-ring (bicyclic) bond motifs is 1. The smallest absolute Gasteiger partial charge is 0.132 e. The van der Waals surface area contributed by atoms with Crippen molar-refractivity contribution >= 4 is 5.82 Å². The molecule has 0 atom stereocenters. The third-order valence-corrected chi connectivity index (χ3v) is 5.04. The second-order valence-electron chi connectivity index (χ2n) is 6.86. The Bertz CT molecular complexity index is 885. The van der Waals surface area contributed by atoms with Gasteiger partial charge in [0.2, 0.25) is 0 Å². The molecule has 134 valence electrons. The molecule has 0 aliphatic carbocycles. The van der Waals surface area contributed by atoms with Crippen LogP contribution in [-0.4, -0.2) is 26.1 Å². The largest absolute Gasteiger partial charge is 0.350 e. The van der Waals surface area contributed by atoms with Crippen LogP contribution < -0.4 is 4.90 Å². The highest BCUT2D eigenvalue weighted by Gasteiger charge is 2.22. The van der Waals surface area contributed by atoms with Crippen molar-refractivity contribution in [2.75, 3.05) is 11.4 Å². The van der Waals surface area contributed by atoms with Crippen LogP contribution in [0.1, 0.15) is 35.4 Å². The van der Waals surface area contributed by atoms with Crippen molar-refractivity contribution in [2.45, 2.75) is 46.2 Å². The van der Waals surface area contributed by atoms with Gasteiger partial charge in [-0.3, -0.25) is 0 Å². The maximum absolute atomic E-state index is 4.69. The van der Waals surface area contributed by atoms with Gasteiger partial charge >= 0.3 is 0 Å². The Hall–Kier alpha value is -2.69. The molecular weight excluding hydrogens is 322 g/mol. The number of hydrogen-bond acceptors (Lipinski definition) is 4. The van der Waals surface area contributed by atoms with Crippen molar-refractivity contribution in [3.8, 4) is 0 Å². The fraction of sp³-hybridized carbons (Fsp3) is 0.381. The minimum absolute atomic E-state index is 0.827. The summed E-state index contributed by atoms with van der Waals surface area (Å²) in [5.41, 5.74) is 5.03. The van der Waals surface area contributed by atoms with E-state index >= 15 is 0 Å². The van der Waals surface area contributed by atoms with Crippen molar-refractivity contribution < 1.29 is 0 Å². The molecule has 4 rings (SSSR count). The summed E-state index contributed by atoms with van der Waals surface area (Å²) in [7, 11) is 0. The maximum atomic E-state index is 4.69. The van der Waals surface area contributed by atoms with Crippen LogP contribution in [0.2, 0.25) is 0 Å². The number of benzene rings is 1. The van der Waals surface area contributed by atoms with Crippen LogP contribution in [0.15, 0.2) is 42.7 Å². The van der Waals surface area contributed by atoms with Gasteiger partial charge in [-0.25, -0.2) is 15.0 Å². The highest BCUT2D eigenvalue weighted by Crippen LogP contribution is 2.23. The Morgan fingerprint density at radius 3 is 2.77 bits per heavy atom. The fourth-order valence-corrected chi connectivity index (χ4v) is 3.61. The van der Waals surface area contributed by atoms with Crippen molar-refractivity contribution in [1.82, 2.24) is 19.5 Å². The Morgan fingerprint density at radius 2 is 1.96 bits per heavy atom. The van der Waals surface area contributed by atoms with Gasteiger partial charge in [0, 0.05) is 37.0 Å². The first kappa shape index (κ1) is 16.8. The van der Waals surface area contributed by atoms with Crippen molar-refractivity contribution in [3.63, 3.8) is 0 Å². The van der Waals surface area contributed by atoms with Crippen LogP contribution in [0.25, 0.3) is 0 Å². The van der Waals surface area contributed by atoms with Gasteiger partial charge in [0.1, 0.15) is 11.6 Å². The number of hydrogen-bond donors (Lipinski definition) is 0. The number of nitrogens with zero attached hydrogens (tertiary/aromatic N) is 5. The van der Waals surface area contributed by atoms with Crippen molar-refractivity contribution in [2.24, 2.45) is 0 Å². The molecule has 1 aliphatic heterocycles. The minimum Gasteiger partial charge on any atom is -0.350 e. The lowest BCUT2D eigenvalue weighted by atomic mass is 10.1. The zero-order valence-electron chi connectivity index (χ0n) is 15.5. The molecule has 0 unspecified atom stereocenters. The van der Waals surface area contributed by atoms with Gasteiger partial charge in [0.05, 0.1) is 18.6 Å². The van der Waals surface area contributed by atoms with Crippen LogP contribution in [0.4, 0.5) is 5.82 Å². The Labute approximate surface area is 154 Å². The van der Waals surface area contributed by atoms with E-state index in [1.165, 1.54) is 17.0 Å². The second kappa shape index (κ2) is 7.28. The molecule has 0 spiro atoms. The van der Waals surface area contributed by atoms with E-state index in [-0.39, 0.29) is 0 Å². The molecule has 2 aromatic heterocycles. The van der Waals surface area contributed by atoms with Gasteiger partial charge in [0.25, 0.3) is 0 Å². The van der Waals surface area contributed by atoms with E-state index in [0.29, 0.717) is 0 Å². The van der Waals surface area contributed by atoms with Gasteiger partial charge in [-0.1, -0.05) is 37.3 Å². The molecule has 5 nitrogen and oxygen atoms in total. The maximum Gasteiger partial charge on any atom is 0.132 e. The van der Waals surface area contributed by atoms with Gasteiger partial charge in [-0.15, -0.1) is 0 Å². The summed E-state index contributed by atoms with van der Waals surface area (Å²) in [6.07, 6.45) is 4.98. The molecule has 0 radical (unpaired) electrons. The summed E-state index contributed by atoms with van der Waals surface area (Å²) in [5, 5.41) is 0. The van der Waals surface area contributed by atoms with Crippen LogP contribution in [-0.2, 0) is 32.4 Å². The molecule has 26 heavy (non-hydrogen) atoms. The van der Waals surface area contributed by atoms with E-state index in [1.54, 1.807) is 0 Å². The monoisotopic (exact) mass is 347 g/mol. The molecule has 3 aromatic rings. The fourth-order valence-electron chi connectivity index (χ4n) is 3.61. The second-order valence-corrected chi connectivity index (χ2v) is 6.86. The molecule has 0 saturated carbocycles. The minimum atomic E-state index is 0.827. The van der Waals surface area contributed by atoms with E-state index in [0.717, 1.165) is 56.2 Å². The van der Waals surface area contributed by atoms with Gasteiger partial charge < -0.3 is 9.47 Å². The van der Waals surface area contributed by atoms with Crippen molar-refractivity contribution in [3.05, 3.63) is 71.2 Å². The van der Waals surface area contributed by atoms with Gasteiger partial charge in [-0.2, -0.15) is 0 Å². The normalized spacial score (nSPS) is 13.7. The van der Waals surface area contributed by atoms with Gasteiger partial charge in [-0.05, 0) is 25.3 Å². The molecule has 0 amide bonds. The number of anilines is 1. The van der Waals surface area contributed by atoms with E-state index in [2.05, 4.69) is 67.7 Å². The standard InChI is InChI=1S/C21H25N5/c1-3-18-13-21(24-16(2)23-18)25-12-10-20-19(14-25)22-15-26(20)11-9-17-7-5-4-6-8-17/h4-8,13,15H,3,9-12,14H2,1-2H3. The third kappa shape index (κ3) is 3.47. The number of rotatable bonds is 5. The van der Waals surface area contributed by atoms with Crippen LogP contribution in [0, 0.1) is 6.92 Å². The Balaban J connectivity index is 1.48. The predicted molar refractivity (Wildman–Crippen MR) is 103 cm³/mol. The zero-order chi connectivity index (χ0) is 17.9. The zero-order valence-corrected chi connectivity index (χ0v) is 15.5. The summed E-state index contributed by atoms with van der Waals surface area (Å²) in [5.74, 6) is 1.87. The lowest BCUT2D eigenvalue weighted by Gasteiger charge is -2.28. The predicted octanol–water partition coefficient (Wildman–Crippen LogP) is 3.35. The van der Waals surface area contributed by atoms with E-state index in [4.69, 9.17) is 0 Å². The van der Waals surface area contributed by atoms with Crippen LogP contribution in [0.3, 0.4) is 0 Å². The Kier molecular flexibility index (Phi) is 4.69. The number of imidazole rings is 1. The molecule has 5 heteroatoms. The van der Waals surface area contributed by atoms with E-state index < -0.39 is 0 Å². The van der Waals surface area contributed by atoms with Crippen molar-refractivity contribution in [1.29, 1.82) is 0 Å². The SMILES string of the molecule is CCc1cc(N2CCc3c(ncn3CCc3ccccc3)C2)nc(C)n1. The average Bonchev–Trinajstić information content (AvgIpc) is 3.09. The lowest BCUT2D eigenvalue weighted by Crippen LogP contribution is -2.32. The number of aryl methyl sites for hydroxylation is 4. The molecule has 0 fully saturated rings. The molecule has 1 aromatic carbocycles. The molecular formula is C21H25N5. The van der Waals surface area contributed by atoms with Gasteiger partial charge in [0.15, 0.2) is 0 Å². The van der Waals surface area contributed by atoms with Crippen LogP contribution in [0.5, 0.6) is 0 Å². The topological polar surface area (TPSA) is 46.8 Å². The lowest BCUT2D eigenvalue weighted by molar-refractivity contribution is 0.621. The highest BCUT2D eigenvalue weighted by atomic mass is 15.2. The van der Waals surface area contributed by atoms with E-state index in [1.807, 2.05) is 13.3 Å². The third-order valence-electron chi connectivity index (χ3n) is 5.04. The first-order valence-electron chi connectivity index (χ1n) is 9.39. The molecule has 0 bridgehead atoms.